The van der Waals surface area contributed by atoms with Gasteiger partial charge in [0.2, 0.25) is 0 Å². The number of ether oxygens (including phenoxy) is 2. The van der Waals surface area contributed by atoms with Crippen LogP contribution < -0.4 is 9.47 Å². The number of aromatic nitrogens is 4. The monoisotopic (exact) mass is 538 g/mol. The molecule has 6 aromatic rings. The molecular formula is C35H30N4O2. The molecule has 3 aromatic heterocycles. The molecule has 3 aromatic carbocycles. The lowest BCUT2D eigenvalue weighted by molar-refractivity contribution is 0.299. The molecule has 0 amide bonds. The number of rotatable bonds is 10. The van der Waals surface area contributed by atoms with Crippen molar-refractivity contribution < 1.29 is 9.47 Å². The van der Waals surface area contributed by atoms with E-state index in [9.17, 15) is 0 Å². The molecule has 0 fully saturated rings. The number of hydrogen-bond acceptors (Lipinski definition) is 4. The van der Waals surface area contributed by atoms with Crippen molar-refractivity contribution >= 4 is 35.2 Å². The van der Waals surface area contributed by atoms with E-state index in [2.05, 4.69) is 70.7 Å². The van der Waals surface area contributed by atoms with Gasteiger partial charge in [0, 0.05) is 29.5 Å². The van der Waals surface area contributed by atoms with Crippen molar-refractivity contribution in [1.29, 1.82) is 0 Å². The lowest BCUT2D eigenvalue weighted by Crippen LogP contribution is -2.03. The van der Waals surface area contributed by atoms with Gasteiger partial charge in [0.05, 0.1) is 30.7 Å². The quantitative estimate of drug-likeness (QED) is 0.194. The number of hydrogen-bond donors (Lipinski definition) is 1. The van der Waals surface area contributed by atoms with E-state index >= 15 is 0 Å². The summed E-state index contributed by atoms with van der Waals surface area (Å²) < 4.78 is 13.6. The normalized spacial score (nSPS) is 11.5. The van der Waals surface area contributed by atoms with E-state index in [1.807, 2.05) is 71.6 Å². The third-order valence-corrected chi connectivity index (χ3v) is 6.78. The third kappa shape index (κ3) is 6.45. The maximum atomic E-state index is 5.93. The van der Waals surface area contributed by atoms with Crippen LogP contribution in [0.5, 0.6) is 11.5 Å². The minimum Gasteiger partial charge on any atom is -0.496 e. The van der Waals surface area contributed by atoms with Crippen molar-refractivity contribution in [2.24, 2.45) is 0 Å². The van der Waals surface area contributed by atoms with Crippen molar-refractivity contribution in [2.75, 3.05) is 7.11 Å². The lowest BCUT2D eigenvalue weighted by atomic mass is 10.1. The minimum absolute atomic E-state index is 0.396. The predicted molar refractivity (Wildman–Crippen MR) is 165 cm³/mol. The van der Waals surface area contributed by atoms with Crippen LogP contribution in [-0.4, -0.2) is 26.9 Å². The maximum Gasteiger partial charge on any atom is 0.130 e. The maximum absolute atomic E-state index is 5.93. The van der Waals surface area contributed by atoms with Gasteiger partial charge in [0.15, 0.2) is 0 Å². The fraction of sp³-hybridized carbons (Fsp3) is 0.0857. The summed E-state index contributed by atoms with van der Waals surface area (Å²) in [5, 5.41) is 6.11. The van der Waals surface area contributed by atoms with Crippen LogP contribution in [0.4, 0.5) is 0 Å². The summed E-state index contributed by atoms with van der Waals surface area (Å²) in [6.45, 7) is 1.06. The van der Waals surface area contributed by atoms with Gasteiger partial charge in [-0.25, -0.2) is 0 Å². The number of nitrogens with one attached hydrogen (secondary N) is 1. The van der Waals surface area contributed by atoms with Gasteiger partial charge >= 0.3 is 0 Å². The second-order valence-electron chi connectivity index (χ2n) is 9.64. The van der Waals surface area contributed by atoms with Crippen LogP contribution in [0, 0.1) is 0 Å². The van der Waals surface area contributed by atoms with Crippen LogP contribution in [0.25, 0.3) is 35.2 Å². The summed E-state index contributed by atoms with van der Waals surface area (Å²) in [6.07, 6.45) is 12.0. The van der Waals surface area contributed by atoms with Gasteiger partial charge in [0.1, 0.15) is 18.1 Å². The Morgan fingerprint density at radius 1 is 0.829 bits per heavy atom. The number of nitrogens with zero attached hydrogens (tertiary/aromatic N) is 3. The SMILES string of the molecule is COc1cc(OCc2ccccn2)ccc1C=Cc1cc(C=Cc2ccc3cc[nH]c3c2)nn1Cc1ccccc1. The van der Waals surface area contributed by atoms with Crippen LogP contribution in [0.15, 0.2) is 109 Å². The molecule has 6 heteroatoms. The van der Waals surface area contributed by atoms with Crippen LogP contribution in [-0.2, 0) is 13.2 Å². The molecule has 6 nitrogen and oxygen atoms in total. The van der Waals surface area contributed by atoms with Gasteiger partial charge in [-0.05, 0) is 77.2 Å². The van der Waals surface area contributed by atoms with Crippen molar-refractivity contribution in [3.63, 3.8) is 0 Å². The molecule has 0 atom stereocenters. The first-order chi connectivity index (χ1) is 20.2. The Morgan fingerprint density at radius 3 is 2.59 bits per heavy atom. The van der Waals surface area contributed by atoms with E-state index < -0.39 is 0 Å². The number of H-pyrrole nitrogens is 1. The van der Waals surface area contributed by atoms with E-state index in [0.717, 1.165) is 45.2 Å². The fourth-order valence-electron chi connectivity index (χ4n) is 4.64. The van der Waals surface area contributed by atoms with Gasteiger partial charge in [-0.3, -0.25) is 9.67 Å². The first-order valence-electron chi connectivity index (χ1n) is 13.5. The van der Waals surface area contributed by atoms with E-state index in [-0.39, 0.29) is 0 Å². The molecule has 202 valence electrons. The highest BCUT2D eigenvalue weighted by Gasteiger charge is 2.08. The number of fused-ring (bicyclic) bond motifs is 1. The molecule has 0 saturated heterocycles. The number of benzene rings is 3. The Labute approximate surface area is 239 Å². The van der Waals surface area contributed by atoms with Gasteiger partial charge < -0.3 is 14.5 Å². The smallest absolute Gasteiger partial charge is 0.130 e. The third-order valence-electron chi connectivity index (χ3n) is 6.78. The molecule has 0 aliphatic heterocycles. The zero-order valence-corrected chi connectivity index (χ0v) is 22.8. The van der Waals surface area contributed by atoms with Crippen LogP contribution in [0.3, 0.4) is 0 Å². The van der Waals surface area contributed by atoms with Crippen molar-refractivity contribution in [1.82, 2.24) is 19.7 Å². The molecule has 3 heterocycles. The van der Waals surface area contributed by atoms with Crippen LogP contribution >= 0.6 is 0 Å². The molecule has 0 radical (unpaired) electrons. The lowest BCUT2D eigenvalue weighted by Gasteiger charge is -2.10. The van der Waals surface area contributed by atoms with Gasteiger partial charge in [0.25, 0.3) is 0 Å². The van der Waals surface area contributed by atoms with E-state index in [1.165, 1.54) is 10.9 Å². The molecule has 0 unspecified atom stereocenters. The zero-order chi connectivity index (χ0) is 27.9. The Kier molecular flexibility index (Phi) is 7.72. The Balaban J connectivity index is 1.24. The molecule has 1 N–H and O–H groups in total. The number of aromatic amines is 1. The van der Waals surface area contributed by atoms with Crippen molar-refractivity contribution in [2.45, 2.75) is 13.2 Å². The number of methoxy groups -OCH3 is 1. The average Bonchev–Trinajstić information content (AvgIpc) is 3.65. The standard InChI is InChI=1S/C35H30N4O2/c1-40-35-23-33(41-25-31-9-5-6-19-36-31)17-14-29(35)13-16-32-22-30(38-39(32)24-27-7-3-2-4-8-27)15-11-26-10-12-28-18-20-37-34(28)21-26/h2-23,37H,24-25H2,1H3. The Morgan fingerprint density at radius 2 is 1.73 bits per heavy atom. The summed E-state index contributed by atoms with van der Waals surface area (Å²) >= 11 is 0. The molecule has 0 bridgehead atoms. The zero-order valence-electron chi connectivity index (χ0n) is 22.8. The summed E-state index contributed by atoms with van der Waals surface area (Å²) in [6, 6.07) is 32.5. The summed E-state index contributed by atoms with van der Waals surface area (Å²) in [5.41, 5.74) is 7.11. The molecule has 0 aliphatic rings. The average molecular weight is 539 g/mol. The van der Waals surface area contributed by atoms with Gasteiger partial charge in [-0.2, -0.15) is 5.10 Å². The van der Waals surface area contributed by atoms with Crippen LogP contribution in [0.1, 0.15) is 33.8 Å². The Hall–Kier alpha value is -5.36. The summed E-state index contributed by atoms with van der Waals surface area (Å²) in [4.78, 5) is 7.59. The predicted octanol–water partition coefficient (Wildman–Crippen LogP) is 7.74. The highest BCUT2D eigenvalue weighted by Crippen LogP contribution is 2.27. The van der Waals surface area contributed by atoms with Crippen molar-refractivity contribution in [3.8, 4) is 11.5 Å². The van der Waals surface area contributed by atoms with E-state index in [4.69, 9.17) is 14.6 Å². The Bertz CT molecular complexity index is 1800. The first-order valence-corrected chi connectivity index (χ1v) is 13.5. The molecular weight excluding hydrogens is 508 g/mol. The molecule has 6 rings (SSSR count). The molecule has 0 saturated carbocycles. The van der Waals surface area contributed by atoms with Crippen molar-refractivity contribution in [3.05, 3.63) is 143 Å². The first kappa shape index (κ1) is 25.9. The summed E-state index contributed by atoms with van der Waals surface area (Å²) in [7, 11) is 1.67. The molecule has 0 spiro atoms. The number of pyridine rings is 1. The van der Waals surface area contributed by atoms with Gasteiger partial charge in [-0.1, -0.05) is 54.6 Å². The second kappa shape index (κ2) is 12.2. The highest BCUT2D eigenvalue weighted by atomic mass is 16.5. The second-order valence-corrected chi connectivity index (χ2v) is 9.64. The largest absolute Gasteiger partial charge is 0.496 e. The van der Waals surface area contributed by atoms with E-state index in [1.54, 1.807) is 13.3 Å². The van der Waals surface area contributed by atoms with Crippen LogP contribution in [0.2, 0.25) is 0 Å². The van der Waals surface area contributed by atoms with Gasteiger partial charge in [-0.15, -0.1) is 0 Å². The summed E-state index contributed by atoms with van der Waals surface area (Å²) in [5.74, 6) is 1.46. The highest BCUT2D eigenvalue weighted by molar-refractivity contribution is 5.83. The van der Waals surface area contributed by atoms with E-state index in [0.29, 0.717) is 13.2 Å². The minimum atomic E-state index is 0.396. The molecule has 0 aliphatic carbocycles. The molecule has 41 heavy (non-hydrogen) atoms. The fourth-order valence-corrected chi connectivity index (χ4v) is 4.64. The topological polar surface area (TPSA) is 65.0 Å².